The lowest BCUT2D eigenvalue weighted by Gasteiger charge is -2.35. The summed E-state index contributed by atoms with van der Waals surface area (Å²) in [6.45, 7) is 4.08. The number of hydrogen-bond donors (Lipinski definition) is 2. The first-order valence-electron chi connectivity index (χ1n) is 12.0. The van der Waals surface area contributed by atoms with Crippen LogP contribution in [0.25, 0.3) is 0 Å². The third kappa shape index (κ3) is 6.77. The van der Waals surface area contributed by atoms with Gasteiger partial charge >= 0.3 is 6.03 Å². The van der Waals surface area contributed by atoms with Gasteiger partial charge in [0.25, 0.3) is 0 Å². The number of piperazine rings is 1. The zero-order chi connectivity index (χ0) is 24.7. The highest BCUT2D eigenvalue weighted by Gasteiger charge is 2.30. The molecule has 2 aliphatic rings. The monoisotopic (exact) mass is 500 g/mol. The van der Waals surface area contributed by atoms with Crippen molar-refractivity contribution in [1.82, 2.24) is 24.4 Å². The summed E-state index contributed by atoms with van der Waals surface area (Å²) >= 11 is 0. The molecule has 0 spiro atoms. The van der Waals surface area contributed by atoms with Crippen LogP contribution >= 0.6 is 0 Å². The molecule has 2 saturated heterocycles. The number of aromatic nitrogens is 1. The van der Waals surface area contributed by atoms with Crippen molar-refractivity contribution in [2.75, 3.05) is 51.1 Å². The lowest BCUT2D eigenvalue weighted by molar-refractivity contribution is -0.133. The van der Waals surface area contributed by atoms with Gasteiger partial charge in [-0.25, -0.2) is 13.2 Å². The molecule has 11 heteroatoms. The van der Waals surface area contributed by atoms with Crippen molar-refractivity contribution in [3.8, 4) is 0 Å². The van der Waals surface area contributed by atoms with E-state index >= 15 is 0 Å². The van der Waals surface area contributed by atoms with Crippen LogP contribution in [0.2, 0.25) is 0 Å². The van der Waals surface area contributed by atoms with E-state index in [0.717, 1.165) is 31.5 Å². The van der Waals surface area contributed by atoms with E-state index in [4.69, 9.17) is 0 Å². The number of hydrogen-bond acceptors (Lipinski definition) is 6. The largest absolute Gasteiger partial charge is 0.342 e. The number of likely N-dealkylation sites (tertiary alicyclic amines) is 1. The molecule has 0 saturated carbocycles. The highest BCUT2D eigenvalue weighted by atomic mass is 32.2. The van der Waals surface area contributed by atoms with E-state index in [0.29, 0.717) is 45.0 Å². The Hall–Kier alpha value is -3.02. The zero-order valence-corrected chi connectivity index (χ0v) is 20.5. The van der Waals surface area contributed by atoms with Crippen molar-refractivity contribution in [2.24, 2.45) is 0 Å². The van der Waals surface area contributed by atoms with Gasteiger partial charge in [0.1, 0.15) is 0 Å². The van der Waals surface area contributed by atoms with Crippen LogP contribution in [-0.4, -0.2) is 85.3 Å². The van der Waals surface area contributed by atoms with Crippen molar-refractivity contribution < 1.29 is 18.0 Å². The molecule has 2 N–H and O–H groups in total. The van der Waals surface area contributed by atoms with Crippen LogP contribution in [0.5, 0.6) is 0 Å². The number of piperidine rings is 1. The van der Waals surface area contributed by atoms with Gasteiger partial charge in [-0.3, -0.25) is 14.7 Å². The Balaban J connectivity index is 1.25. The highest BCUT2D eigenvalue weighted by Crippen LogP contribution is 2.20. The molecule has 0 atom stereocenters. The second-order valence-electron chi connectivity index (χ2n) is 8.81. The molecular weight excluding hydrogens is 468 g/mol. The smallest absolute Gasteiger partial charge is 0.319 e. The number of pyridine rings is 1. The minimum Gasteiger partial charge on any atom is -0.342 e. The fourth-order valence-corrected chi connectivity index (χ4v) is 5.70. The van der Waals surface area contributed by atoms with Crippen molar-refractivity contribution in [3.05, 3.63) is 54.4 Å². The summed E-state index contributed by atoms with van der Waals surface area (Å²) < 4.78 is 27.6. The van der Waals surface area contributed by atoms with E-state index in [-0.39, 0.29) is 16.8 Å². The van der Waals surface area contributed by atoms with E-state index in [2.05, 4.69) is 15.6 Å². The van der Waals surface area contributed by atoms with Crippen LogP contribution in [0.15, 0.2) is 53.7 Å². The van der Waals surface area contributed by atoms with Crippen LogP contribution in [-0.2, 0) is 21.4 Å². The third-order valence-electron chi connectivity index (χ3n) is 6.35. The Labute approximate surface area is 206 Å². The molecule has 1 aromatic carbocycles. The van der Waals surface area contributed by atoms with Gasteiger partial charge in [0.15, 0.2) is 0 Å². The number of sulfonamides is 1. The van der Waals surface area contributed by atoms with Gasteiger partial charge in [-0.15, -0.1) is 0 Å². The lowest BCUT2D eigenvalue weighted by Crippen LogP contribution is -2.51. The molecule has 0 radical (unpaired) electrons. The second kappa shape index (κ2) is 11.6. The summed E-state index contributed by atoms with van der Waals surface area (Å²) in [5.41, 5.74) is 1.42. The first-order chi connectivity index (χ1) is 16.9. The second-order valence-corrected chi connectivity index (χ2v) is 10.7. The van der Waals surface area contributed by atoms with Gasteiger partial charge in [0.05, 0.1) is 11.4 Å². The van der Waals surface area contributed by atoms with Crippen molar-refractivity contribution in [3.63, 3.8) is 0 Å². The normalized spacial score (nSPS) is 17.7. The molecule has 3 amide bonds. The number of nitrogens with one attached hydrogen (secondary N) is 2. The minimum atomic E-state index is -3.65. The van der Waals surface area contributed by atoms with E-state index in [1.165, 1.54) is 22.9 Å². The van der Waals surface area contributed by atoms with E-state index < -0.39 is 10.0 Å². The van der Waals surface area contributed by atoms with Gasteiger partial charge < -0.3 is 15.5 Å². The third-order valence-corrected chi connectivity index (χ3v) is 8.26. The zero-order valence-electron chi connectivity index (χ0n) is 19.7. The fraction of sp³-hybridized carbons (Fsp3) is 0.458. The molecule has 1 aromatic heterocycles. The Morgan fingerprint density at radius 2 is 1.51 bits per heavy atom. The summed E-state index contributed by atoms with van der Waals surface area (Å²) in [7, 11) is -3.65. The summed E-state index contributed by atoms with van der Waals surface area (Å²) in [6.07, 6.45) is 6.61. The SMILES string of the molecule is O=C(NCc1ccncc1)Nc1ccc(S(=O)(=O)N2CCN(CC(=O)N3CCCCC3)CC2)cc1. The van der Waals surface area contributed by atoms with Crippen molar-refractivity contribution in [1.29, 1.82) is 0 Å². The van der Waals surface area contributed by atoms with Crippen LogP contribution in [0, 0.1) is 0 Å². The number of amides is 3. The van der Waals surface area contributed by atoms with Crippen LogP contribution < -0.4 is 10.6 Å². The number of urea groups is 1. The van der Waals surface area contributed by atoms with E-state index in [1.54, 1.807) is 24.5 Å². The summed E-state index contributed by atoms with van der Waals surface area (Å²) in [6, 6.07) is 9.39. The number of carbonyl (C=O) groups excluding carboxylic acids is 2. The molecular formula is C24H32N6O4S. The van der Waals surface area contributed by atoms with Gasteiger partial charge in [-0.2, -0.15) is 4.31 Å². The highest BCUT2D eigenvalue weighted by molar-refractivity contribution is 7.89. The van der Waals surface area contributed by atoms with Crippen molar-refractivity contribution >= 4 is 27.6 Å². The number of carbonyl (C=O) groups is 2. The van der Waals surface area contributed by atoms with Gasteiger partial charge in [0, 0.05) is 63.9 Å². The molecule has 10 nitrogen and oxygen atoms in total. The summed E-state index contributed by atoms with van der Waals surface area (Å²) in [4.78, 5) is 32.7. The molecule has 4 rings (SSSR count). The van der Waals surface area contributed by atoms with Gasteiger partial charge in [-0.05, 0) is 61.2 Å². The predicted molar refractivity (Wildman–Crippen MR) is 132 cm³/mol. The maximum atomic E-state index is 13.1. The molecule has 0 unspecified atom stereocenters. The number of nitrogens with zero attached hydrogens (tertiary/aromatic N) is 4. The molecule has 35 heavy (non-hydrogen) atoms. The average Bonchev–Trinajstić information content (AvgIpc) is 2.89. The lowest BCUT2D eigenvalue weighted by atomic mass is 10.1. The van der Waals surface area contributed by atoms with E-state index in [9.17, 15) is 18.0 Å². The Morgan fingerprint density at radius 1 is 0.857 bits per heavy atom. The quantitative estimate of drug-likeness (QED) is 0.598. The van der Waals surface area contributed by atoms with Crippen LogP contribution in [0.1, 0.15) is 24.8 Å². The van der Waals surface area contributed by atoms with Gasteiger partial charge in [-0.1, -0.05) is 0 Å². The predicted octanol–water partition coefficient (Wildman–Crippen LogP) is 1.72. The Kier molecular flexibility index (Phi) is 8.32. The Bertz CT molecular complexity index is 1100. The maximum absolute atomic E-state index is 13.1. The number of rotatable bonds is 7. The molecule has 2 aromatic rings. The molecule has 3 heterocycles. The molecule has 2 aliphatic heterocycles. The van der Waals surface area contributed by atoms with Crippen LogP contribution in [0.3, 0.4) is 0 Å². The van der Waals surface area contributed by atoms with Crippen LogP contribution in [0.4, 0.5) is 10.5 Å². The Morgan fingerprint density at radius 3 is 2.17 bits per heavy atom. The molecule has 188 valence electrons. The summed E-state index contributed by atoms with van der Waals surface area (Å²) in [5, 5.41) is 5.45. The van der Waals surface area contributed by atoms with Crippen molar-refractivity contribution in [2.45, 2.75) is 30.7 Å². The summed E-state index contributed by atoms with van der Waals surface area (Å²) in [5.74, 6) is 0.133. The first kappa shape index (κ1) is 25.1. The first-order valence-corrected chi connectivity index (χ1v) is 13.4. The standard InChI is InChI=1S/C24H32N6O4S/c31-23(29-12-2-1-3-13-29)19-28-14-16-30(17-15-28)35(33,34)22-6-4-21(5-7-22)27-24(32)26-18-20-8-10-25-11-9-20/h4-11H,1-3,12-19H2,(H2,26,27,32). The van der Waals surface area contributed by atoms with Gasteiger partial charge in [0.2, 0.25) is 15.9 Å². The van der Waals surface area contributed by atoms with E-state index in [1.807, 2.05) is 21.9 Å². The minimum absolute atomic E-state index is 0.133. The molecule has 0 bridgehead atoms. The average molecular weight is 501 g/mol. The number of anilines is 1. The topological polar surface area (TPSA) is 115 Å². The fourth-order valence-electron chi connectivity index (χ4n) is 4.28. The number of benzene rings is 1. The molecule has 2 fully saturated rings. The maximum Gasteiger partial charge on any atom is 0.319 e. The molecule has 0 aliphatic carbocycles.